The van der Waals surface area contributed by atoms with Gasteiger partial charge in [0.2, 0.25) is 0 Å². The predicted octanol–water partition coefficient (Wildman–Crippen LogP) is 2.33. The van der Waals surface area contributed by atoms with Crippen LogP contribution in [0.3, 0.4) is 0 Å². The maximum Gasteiger partial charge on any atom is 0.153 e. The second-order valence-electron chi connectivity index (χ2n) is 3.59. The molecule has 0 aliphatic heterocycles. The third-order valence-corrected chi connectivity index (χ3v) is 2.22. The van der Waals surface area contributed by atoms with Gasteiger partial charge in [-0.1, -0.05) is 12.1 Å². The molecule has 0 N–H and O–H groups in total. The maximum atomic E-state index is 10.9. The molecule has 86 valence electrons. The van der Waals surface area contributed by atoms with Gasteiger partial charge < -0.3 is 9.64 Å². The van der Waals surface area contributed by atoms with Gasteiger partial charge in [-0.2, -0.15) is 0 Å². The van der Waals surface area contributed by atoms with Gasteiger partial charge in [0.05, 0.1) is 18.4 Å². The second-order valence-corrected chi connectivity index (χ2v) is 3.59. The van der Waals surface area contributed by atoms with E-state index in [4.69, 9.17) is 4.74 Å². The molecule has 0 aliphatic rings. The van der Waals surface area contributed by atoms with Crippen LogP contribution in [0.15, 0.2) is 30.5 Å². The first-order chi connectivity index (χ1) is 7.69. The van der Waals surface area contributed by atoms with Crippen molar-refractivity contribution in [2.75, 3.05) is 25.6 Å². The minimum absolute atomic E-state index is 0.562. The molecule has 0 unspecified atom stereocenters. The molecule has 0 radical (unpaired) electrons. The molecule has 0 atom stereocenters. The zero-order chi connectivity index (χ0) is 12.0. The van der Waals surface area contributed by atoms with Gasteiger partial charge in [0, 0.05) is 19.8 Å². The normalized spacial score (nSPS) is 11.1. The van der Waals surface area contributed by atoms with Crippen LogP contribution < -0.4 is 4.90 Å². The van der Waals surface area contributed by atoms with Gasteiger partial charge in [0.1, 0.15) is 0 Å². The van der Waals surface area contributed by atoms with Crippen molar-refractivity contribution in [1.82, 2.24) is 0 Å². The Bertz CT molecular complexity index is 366. The Labute approximate surface area is 96.3 Å². The highest BCUT2D eigenvalue weighted by atomic mass is 16.5. The van der Waals surface area contributed by atoms with E-state index in [1.54, 1.807) is 0 Å². The number of nitrogens with zero attached hydrogens (tertiary/aromatic N) is 1. The van der Waals surface area contributed by atoms with Gasteiger partial charge in [0.25, 0.3) is 0 Å². The van der Waals surface area contributed by atoms with E-state index < -0.39 is 0 Å². The number of allylic oxidation sites excluding steroid dienone is 1. The van der Waals surface area contributed by atoms with Gasteiger partial charge >= 0.3 is 0 Å². The zero-order valence-corrected chi connectivity index (χ0v) is 9.93. The average molecular weight is 219 g/mol. The number of hydrogen-bond acceptors (Lipinski definition) is 3. The molecule has 0 heterocycles. The summed E-state index contributed by atoms with van der Waals surface area (Å²) >= 11 is 0. The van der Waals surface area contributed by atoms with Crippen molar-refractivity contribution in [3.63, 3.8) is 0 Å². The molecule has 0 spiro atoms. The Hall–Kier alpha value is -1.77. The largest absolute Gasteiger partial charge is 0.501 e. The molecule has 0 bridgehead atoms. The number of anilines is 1. The van der Waals surface area contributed by atoms with E-state index in [1.165, 1.54) is 6.26 Å². The molecular formula is C13H17NO2. The SMILES string of the molecule is CCOC=C(C=O)c1ccc(N(C)C)cc1. The predicted molar refractivity (Wildman–Crippen MR) is 66.4 cm³/mol. The lowest BCUT2D eigenvalue weighted by Gasteiger charge is -2.12. The summed E-state index contributed by atoms with van der Waals surface area (Å²) in [5.74, 6) is 0. The van der Waals surface area contributed by atoms with E-state index in [0.29, 0.717) is 12.2 Å². The van der Waals surface area contributed by atoms with Crippen molar-refractivity contribution in [1.29, 1.82) is 0 Å². The van der Waals surface area contributed by atoms with Crippen LogP contribution in [0, 0.1) is 0 Å². The van der Waals surface area contributed by atoms with Crippen molar-refractivity contribution in [2.45, 2.75) is 6.92 Å². The first-order valence-corrected chi connectivity index (χ1v) is 5.23. The van der Waals surface area contributed by atoms with Crippen LogP contribution in [-0.4, -0.2) is 27.0 Å². The minimum atomic E-state index is 0.562. The first kappa shape index (κ1) is 12.3. The molecule has 1 aromatic carbocycles. The van der Waals surface area contributed by atoms with Crippen LogP contribution in [0.25, 0.3) is 5.57 Å². The quantitative estimate of drug-likeness (QED) is 0.432. The molecule has 1 rings (SSSR count). The lowest BCUT2D eigenvalue weighted by atomic mass is 10.1. The Morgan fingerprint density at radius 1 is 1.31 bits per heavy atom. The summed E-state index contributed by atoms with van der Waals surface area (Å²) in [7, 11) is 3.96. The lowest BCUT2D eigenvalue weighted by Crippen LogP contribution is -2.08. The highest BCUT2D eigenvalue weighted by Crippen LogP contribution is 2.17. The van der Waals surface area contributed by atoms with E-state index >= 15 is 0 Å². The van der Waals surface area contributed by atoms with E-state index in [-0.39, 0.29) is 0 Å². The fourth-order valence-corrected chi connectivity index (χ4v) is 1.29. The monoisotopic (exact) mass is 219 g/mol. The highest BCUT2D eigenvalue weighted by molar-refractivity contribution is 6.06. The number of ether oxygens (including phenoxy) is 1. The molecule has 0 saturated heterocycles. The molecule has 0 aromatic heterocycles. The van der Waals surface area contributed by atoms with Crippen LogP contribution >= 0.6 is 0 Å². The number of aldehydes is 1. The molecule has 0 amide bonds. The van der Waals surface area contributed by atoms with Crippen LogP contribution in [-0.2, 0) is 9.53 Å². The van der Waals surface area contributed by atoms with Crippen molar-refractivity contribution >= 4 is 17.5 Å². The van der Waals surface area contributed by atoms with Gasteiger partial charge in [-0.25, -0.2) is 0 Å². The standard InChI is InChI=1S/C13H17NO2/c1-4-16-10-12(9-15)11-5-7-13(8-6-11)14(2)3/h5-10H,4H2,1-3H3. The van der Waals surface area contributed by atoms with Gasteiger partial charge in [-0.3, -0.25) is 4.79 Å². The first-order valence-electron chi connectivity index (χ1n) is 5.23. The molecule has 3 nitrogen and oxygen atoms in total. The number of carbonyl (C=O) groups is 1. The third-order valence-electron chi connectivity index (χ3n) is 2.22. The fourth-order valence-electron chi connectivity index (χ4n) is 1.29. The average Bonchev–Trinajstić information content (AvgIpc) is 2.30. The maximum absolute atomic E-state index is 10.9. The summed E-state index contributed by atoms with van der Waals surface area (Å²) < 4.78 is 5.11. The smallest absolute Gasteiger partial charge is 0.153 e. The molecular weight excluding hydrogens is 202 g/mol. The number of carbonyl (C=O) groups excluding carboxylic acids is 1. The Balaban J connectivity index is 2.90. The second kappa shape index (κ2) is 5.95. The van der Waals surface area contributed by atoms with Gasteiger partial charge in [-0.15, -0.1) is 0 Å². The van der Waals surface area contributed by atoms with Crippen molar-refractivity contribution in [3.8, 4) is 0 Å². The summed E-state index contributed by atoms with van der Waals surface area (Å²) in [5.41, 5.74) is 2.53. The Morgan fingerprint density at radius 2 is 1.94 bits per heavy atom. The summed E-state index contributed by atoms with van der Waals surface area (Å²) in [6.07, 6.45) is 2.30. The van der Waals surface area contributed by atoms with Crippen molar-refractivity contribution in [3.05, 3.63) is 36.1 Å². The molecule has 3 heteroatoms. The molecule has 0 fully saturated rings. The number of benzene rings is 1. The number of rotatable bonds is 5. The summed E-state index contributed by atoms with van der Waals surface area (Å²) in [6, 6.07) is 7.76. The molecule has 1 aromatic rings. The van der Waals surface area contributed by atoms with Crippen molar-refractivity contribution in [2.24, 2.45) is 0 Å². The van der Waals surface area contributed by atoms with Crippen LogP contribution in [0.2, 0.25) is 0 Å². The number of hydrogen-bond donors (Lipinski definition) is 0. The highest BCUT2D eigenvalue weighted by Gasteiger charge is 2.01. The van der Waals surface area contributed by atoms with E-state index in [1.807, 2.05) is 50.2 Å². The molecule has 0 aliphatic carbocycles. The Kier molecular flexibility index (Phi) is 4.58. The van der Waals surface area contributed by atoms with Gasteiger partial charge in [0.15, 0.2) is 6.29 Å². The summed E-state index contributed by atoms with van der Waals surface area (Å²) in [6.45, 7) is 2.45. The van der Waals surface area contributed by atoms with E-state index in [9.17, 15) is 4.79 Å². The summed E-state index contributed by atoms with van der Waals surface area (Å²) in [5, 5.41) is 0. The molecule has 0 saturated carbocycles. The minimum Gasteiger partial charge on any atom is -0.501 e. The van der Waals surface area contributed by atoms with Gasteiger partial charge in [-0.05, 0) is 24.6 Å². The fraction of sp³-hybridized carbons (Fsp3) is 0.308. The third kappa shape index (κ3) is 3.12. The van der Waals surface area contributed by atoms with Crippen molar-refractivity contribution < 1.29 is 9.53 Å². The van der Waals surface area contributed by atoms with Crippen LogP contribution in [0.4, 0.5) is 5.69 Å². The van der Waals surface area contributed by atoms with E-state index in [2.05, 4.69) is 0 Å². The topological polar surface area (TPSA) is 29.5 Å². The van der Waals surface area contributed by atoms with Crippen LogP contribution in [0.1, 0.15) is 12.5 Å². The Morgan fingerprint density at radius 3 is 2.38 bits per heavy atom. The van der Waals surface area contributed by atoms with Crippen LogP contribution in [0.5, 0.6) is 0 Å². The lowest BCUT2D eigenvalue weighted by molar-refractivity contribution is -0.103. The summed E-state index contributed by atoms with van der Waals surface area (Å²) in [4.78, 5) is 12.9. The zero-order valence-electron chi connectivity index (χ0n) is 9.93. The van der Waals surface area contributed by atoms with E-state index in [0.717, 1.165) is 17.5 Å². The molecule has 16 heavy (non-hydrogen) atoms.